The Labute approximate surface area is 175 Å². The number of furan rings is 1. The van der Waals surface area contributed by atoms with Crippen molar-refractivity contribution in [3.05, 3.63) is 59.9 Å². The lowest BCUT2D eigenvalue weighted by atomic mass is 10.0. The highest BCUT2D eigenvalue weighted by molar-refractivity contribution is 6.04. The van der Waals surface area contributed by atoms with Crippen molar-refractivity contribution in [1.82, 2.24) is 0 Å². The molecule has 0 aliphatic rings. The number of rotatable bonds is 8. The maximum Gasteiger partial charge on any atom is 0.291 e. The highest BCUT2D eigenvalue weighted by atomic mass is 16.6. The van der Waals surface area contributed by atoms with Crippen molar-refractivity contribution >= 4 is 11.6 Å². The third-order valence-corrected chi connectivity index (χ3v) is 4.50. The van der Waals surface area contributed by atoms with Gasteiger partial charge >= 0.3 is 0 Å². The quantitative estimate of drug-likeness (QED) is 0.529. The van der Waals surface area contributed by atoms with Gasteiger partial charge in [0.05, 0.1) is 21.3 Å². The summed E-state index contributed by atoms with van der Waals surface area (Å²) in [5, 5.41) is 2.76. The van der Waals surface area contributed by atoms with Gasteiger partial charge in [-0.3, -0.25) is 4.79 Å². The minimum atomic E-state index is -0.470. The van der Waals surface area contributed by atoms with E-state index >= 15 is 0 Å². The zero-order valence-corrected chi connectivity index (χ0v) is 17.6. The molecule has 1 heterocycles. The van der Waals surface area contributed by atoms with E-state index in [2.05, 4.69) is 19.2 Å². The van der Waals surface area contributed by atoms with E-state index in [4.69, 9.17) is 23.4 Å². The average molecular weight is 411 g/mol. The number of carbonyl (C=O) groups excluding carboxylic acids is 1. The molecule has 0 aliphatic carbocycles. The van der Waals surface area contributed by atoms with E-state index in [9.17, 15) is 4.79 Å². The Kier molecular flexibility index (Phi) is 6.51. The number of carbonyl (C=O) groups is 1. The second kappa shape index (κ2) is 9.26. The fourth-order valence-corrected chi connectivity index (χ4v) is 2.85. The minimum Gasteiger partial charge on any atom is -0.496 e. The van der Waals surface area contributed by atoms with Gasteiger partial charge in [-0.1, -0.05) is 26.0 Å². The van der Waals surface area contributed by atoms with E-state index in [1.165, 1.54) is 21.3 Å². The van der Waals surface area contributed by atoms with Crippen molar-refractivity contribution in [3.63, 3.8) is 0 Å². The molecule has 0 fully saturated rings. The van der Waals surface area contributed by atoms with Crippen LogP contribution in [0, 0.1) is 0 Å². The van der Waals surface area contributed by atoms with Crippen molar-refractivity contribution in [3.8, 4) is 28.9 Å². The highest BCUT2D eigenvalue weighted by Crippen LogP contribution is 2.39. The molecule has 30 heavy (non-hydrogen) atoms. The van der Waals surface area contributed by atoms with E-state index in [-0.39, 0.29) is 11.7 Å². The molecule has 1 aromatic heterocycles. The summed E-state index contributed by atoms with van der Waals surface area (Å²) in [6, 6.07) is 14.2. The Morgan fingerprint density at radius 3 is 2.20 bits per heavy atom. The van der Waals surface area contributed by atoms with Crippen molar-refractivity contribution in [2.45, 2.75) is 19.8 Å². The monoisotopic (exact) mass is 411 g/mol. The molecule has 3 rings (SSSR count). The molecule has 0 spiro atoms. The standard InChI is InChI=1S/C23H25NO6/c1-14(2)15-7-6-8-16(11-15)29-21-10-9-18(30-21)23(25)24-22-19(27-4)12-17(26-3)13-20(22)28-5/h6-14H,1-5H3,(H,24,25). The van der Waals surface area contributed by atoms with Crippen molar-refractivity contribution in [1.29, 1.82) is 0 Å². The lowest BCUT2D eigenvalue weighted by Crippen LogP contribution is -2.13. The number of amides is 1. The second-order valence-electron chi connectivity index (χ2n) is 6.81. The smallest absolute Gasteiger partial charge is 0.291 e. The molecular weight excluding hydrogens is 386 g/mol. The maximum absolute atomic E-state index is 12.7. The first-order valence-corrected chi connectivity index (χ1v) is 9.44. The first kappa shape index (κ1) is 21.1. The van der Waals surface area contributed by atoms with E-state index in [0.29, 0.717) is 34.6 Å². The fourth-order valence-electron chi connectivity index (χ4n) is 2.85. The molecule has 2 aromatic carbocycles. The Hall–Kier alpha value is -3.61. The Morgan fingerprint density at radius 1 is 0.900 bits per heavy atom. The van der Waals surface area contributed by atoms with Gasteiger partial charge in [-0.2, -0.15) is 0 Å². The van der Waals surface area contributed by atoms with Gasteiger partial charge in [0.2, 0.25) is 0 Å². The Balaban J connectivity index is 1.78. The number of benzene rings is 2. The number of hydrogen-bond acceptors (Lipinski definition) is 6. The van der Waals surface area contributed by atoms with Crippen LogP contribution in [-0.4, -0.2) is 27.2 Å². The summed E-state index contributed by atoms with van der Waals surface area (Å²) in [6.45, 7) is 4.21. The molecule has 7 nitrogen and oxygen atoms in total. The molecule has 7 heteroatoms. The summed E-state index contributed by atoms with van der Waals surface area (Å²) in [4.78, 5) is 12.7. The molecule has 1 amide bonds. The molecule has 0 aliphatic heterocycles. The van der Waals surface area contributed by atoms with E-state index in [1.54, 1.807) is 24.3 Å². The molecule has 0 atom stereocenters. The van der Waals surface area contributed by atoms with Gasteiger partial charge < -0.3 is 28.7 Å². The third kappa shape index (κ3) is 4.68. The molecule has 0 saturated carbocycles. The van der Waals surface area contributed by atoms with Crippen LogP contribution in [0.25, 0.3) is 0 Å². The van der Waals surface area contributed by atoms with Crippen LogP contribution in [0.15, 0.2) is 52.9 Å². The van der Waals surface area contributed by atoms with Crippen LogP contribution in [-0.2, 0) is 0 Å². The predicted molar refractivity (Wildman–Crippen MR) is 113 cm³/mol. The van der Waals surface area contributed by atoms with E-state index in [0.717, 1.165) is 5.56 Å². The third-order valence-electron chi connectivity index (χ3n) is 4.50. The summed E-state index contributed by atoms with van der Waals surface area (Å²) in [5.74, 6) is 2.18. The second-order valence-corrected chi connectivity index (χ2v) is 6.81. The molecule has 1 N–H and O–H groups in total. The van der Waals surface area contributed by atoms with Crippen LogP contribution in [0.5, 0.6) is 28.9 Å². The number of hydrogen-bond donors (Lipinski definition) is 1. The number of ether oxygens (including phenoxy) is 4. The van der Waals surface area contributed by atoms with Gasteiger partial charge in [0, 0.05) is 18.2 Å². The minimum absolute atomic E-state index is 0.0879. The first-order chi connectivity index (χ1) is 14.4. The van der Waals surface area contributed by atoms with E-state index < -0.39 is 5.91 Å². The topological polar surface area (TPSA) is 79.2 Å². The van der Waals surface area contributed by atoms with Crippen LogP contribution in [0.4, 0.5) is 5.69 Å². The zero-order valence-electron chi connectivity index (χ0n) is 17.6. The normalized spacial score (nSPS) is 10.6. The molecule has 158 valence electrons. The number of anilines is 1. The average Bonchev–Trinajstić information content (AvgIpc) is 3.22. The molecule has 3 aromatic rings. The SMILES string of the molecule is COc1cc(OC)c(NC(=O)c2ccc(Oc3cccc(C(C)C)c3)o2)c(OC)c1. The zero-order chi connectivity index (χ0) is 21.7. The summed E-state index contributed by atoms with van der Waals surface area (Å²) in [6.07, 6.45) is 0. The summed E-state index contributed by atoms with van der Waals surface area (Å²) >= 11 is 0. The van der Waals surface area contributed by atoms with Gasteiger partial charge in [0.25, 0.3) is 11.9 Å². The maximum atomic E-state index is 12.7. The fraction of sp³-hybridized carbons (Fsp3) is 0.261. The molecule has 0 bridgehead atoms. The van der Waals surface area contributed by atoms with E-state index in [1.807, 2.05) is 24.3 Å². The Bertz CT molecular complexity index is 999. The predicted octanol–water partition coefficient (Wildman–Crippen LogP) is 5.47. The lowest BCUT2D eigenvalue weighted by molar-refractivity contribution is 0.0991. The van der Waals surface area contributed by atoms with Crippen LogP contribution in [0.1, 0.15) is 35.9 Å². The molecule has 0 saturated heterocycles. The van der Waals surface area contributed by atoms with Gasteiger partial charge in [0.15, 0.2) is 5.76 Å². The molecular formula is C23H25NO6. The summed E-state index contributed by atoms with van der Waals surface area (Å²) < 4.78 is 27.3. The highest BCUT2D eigenvalue weighted by Gasteiger charge is 2.19. The summed E-state index contributed by atoms with van der Waals surface area (Å²) in [5.41, 5.74) is 1.52. The number of nitrogens with one attached hydrogen (secondary N) is 1. The van der Waals surface area contributed by atoms with Crippen molar-refractivity contribution < 1.29 is 28.2 Å². The molecule has 0 unspecified atom stereocenters. The number of methoxy groups -OCH3 is 3. The Morgan fingerprint density at radius 2 is 1.60 bits per heavy atom. The molecule has 0 radical (unpaired) electrons. The van der Waals surface area contributed by atoms with Crippen molar-refractivity contribution in [2.24, 2.45) is 0 Å². The van der Waals surface area contributed by atoms with Gasteiger partial charge in [-0.15, -0.1) is 0 Å². The van der Waals surface area contributed by atoms with Crippen LogP contribution in [0.2, 0.25) is 0 Å². The van der Waals surface area contributed by atoms with Crippen LogP contribution in [0.3, 0.4) is 0 Å². The largest absolute Gasteiger partial charge is 0.496 e. The van der Waals surface area contributed by atoms with Crippen LogP contribution >= 0.6 is 0 Å². The van der Waals surface area contributed by atoms with Crippen molar-refractivity contribution in [2.75, 3.05) is 26.6 Å². The lowest BCUT2D eigenvalue weighted by Gasteiger charge is -2.15. The first-order valence-electron chi connectivity index (χ1n) is 9.44. The van der Waals surface area contributed by atoms with Gasteiger partial charge in [-0.05, 0) is 29.7 Å². The summed E-state index contributed by atoms with van der Waals surface area (Å²) in [7, 11) is 4.52. The van der Waals surface area contributed by atoms with Crippen LogP contribution < -0.4 is 24.3 Å². The van der Waals surface area contributed by atoms with Gasteiger partial charge in [0.1, 0.15) is 28.7 Å². The van der Waals surface area contributed by atoms with Gasteiger partial charge in [-0.25, -0.2) is 0 Å².